The highest BCUT2D eigenvalue weighted by atomic mass is 32.2. The lowest BCUT2D eigenvalue weighted by atomic mass is 10.0. The average molecular weight is 301 g/mol. The predicted octanol–water partition coefficient (Wildman–Crippen LogP) is 2.90. The third-order valence-electron chi connectivity index (χ3n) is 3.31. The van der Waals surface area contributed by atoms with Crippen LogP contribution in [0.15, 0.2) is 0 Å². The molecule has 0 aromatic carbocycles. The lowest BCUT2D eigenvalue weighted by molar-refractivity contribution is -0.137. The van der Waals surface area contributed by atoms with E-state index in [0.717, 1.165) is 25.7 Å². The van der Waals surface area contributed by atoms with Gasteiger partial charge in [0, 0.05) is 18.9 Å². The molecule has 20 heavy (non-hydrogen) atoms. The number of imide groups is 1. The van der Waals surface area contributed by atoms with Crippen LogP contribution in [0.5, 0.6) is 0 Å². The maximum atomic E-state index is 12.0. The Hall–Kier alpha value is -0.840. The Bertz CT molecular complexity index is 314. The molecule has 0 aliphatic heterocycles. The Labute approximate surface area is 126 Å². The van der Waals surface area contributed by atoms with Crippen LogP contribution in [0.4, 0.5) is 0 Å². The van der Waals surface area contributed by atoms with Crippen LogP contribution in [0.2, 0.25) is 0 Å². The van der Waals surface area contributed by atoms with E-state index in [1.54, 1.807) is 0 Å². The topological polar surface area (TPSA) is 54.5 Å². The minimum atomic E-state index is -0.136. The van der Waals surface area contributed by atoms with Gasteiger partial charge in [0.25, 0.3) is 0 Å². The largest absolute Gasteiger partial charge is 0.299 e. The van der Waals surface area contributed by atoms with Gasteiger partial charge < -0.3 is 0 Å². The zero-order valence-corrected chi connectivity index (χ0v) is 13.9. The molecule has 1 atom stereocenters. The van der Waals surface area contributed by atoms with Crippen LogP contribution in [-0.2, 0) is 14.4 Å². The number of ketones is 1. The number of unbranched alkanes of at least 4 members (excludes halogenated alkanes) is 2. The van der Waals surface area contributed by atoms with Gasteiger partial charge in [-0.05, 0) is 25.5 Å². The van der Waals surface area contributed by atoms with Crippen molar-refractivity contribution in [3.05, 3.63) is 0 Å². The average Bonchev–Trinajstić information content (AvgIpc) is 2.43. The fraction of sp³-hybridized carbons (Fsp3) is 0.800. The Morgan fingerprint density at radius 1 is 1.20 bits per heavy atom. The maximum absolute atomic E-state index is 12.0. The quantitative estimate of drug-likeness (QED) is 0.435. The molecule has 2 amide bonds. The van der Waals surface area contributed by atoms with Gasteiger partial charge in [-0.3, -0.25) is 19.3 Å². The van der Waals surface area contributed by atoms with Crippen molar-refractivity contribution in [3.8, 4) is 0 Å². The summed E-state index contributed by atoms with van der Waals surface area (Å²) in [6.07, 6.45) is 6.29. The van der Waals surface area contributed by atoms with Crippen molar-refractivity contribution in [1.29, 1.82) is 0 Å². The van der Waals surface area contributed by atoms with Gasteiger partial charge in [-0.15, -0.1) is 0 Å². The van der Waals surface area contributed by atoms with Gasteiger partial charge in [0.05, 0.1) is 5.25 Å². The van der Waals surface area contributed by atoms with Crippen LogP contribution in [-0.4, -0.2) is 41.1 Å². The molecule has 0 N–H and O–H groups in total. The molecule has 0 spiro atoms. The second-order valence-electron chi connectivity index (χ2n) is 5.20. The van der Waals surface area contributed by atoms with Gasteiger partial charge in [0.1, 0.15) is 5.78 Å². The first-order chi connectivity index (χ1) is 9.47. The smallest absolute Gasteiger partial charge is 0.242 e. The van der Waals surface area contributed by atoms with E-state index in [1.807, 2.05) is 27.0 Å². The highest BCUT2D eigenvalue weighted by Gasteiger charge is 2.21. The minimum Gasteiger partial charge on any atom is -0.299 e. The van der Waals surface area contributed by atoms with Gasteiger partial charge in [0.2, 0.25) is 12.3 Å². The fourth-order valence-corrected chi connectivity index (χ4v) is 2.56. The highest BCUT2D eigenvalue weighted by Crippen LogP contribution is 2.14. The van der Waals surface area contributed by atoms with Gasteiger partial charge >= 0.3 is 0 Å². The third kappa shape index (κ3) is 7.08. The molecule has 0 aromatic rings. The lowest BCUT2D eigenvalue weighted by Gasteiger charge is -2.20. The summed E-state index contributed by atoms with van der Waals surface area (Å²) in [7, 11) is 0. The summed E-state index contributed by atoms with van der Waals surface area (Å²) in [5, 5.41) is -0.136. The van der Waals surface area contributed by atoms with E-state index in [4.69, 9.17) is 0 Å². The first kappa shape index (κ1) is 19.2. The molecule has 0 rings (SSSR count). The summed E-state index contributed by atoms with van der Waals surface area (Å²) in [4.78, 5) is 35.7. The van der Waals surface area contributed by atoms with Gasteiger partial charge in [0.15, 0.2) is 0 Å². The van der Waals surface area contributed by atoms with Crippen molar-refractivity contribution in [1.82, 2.24) is 4.90 Å². The molecule has 0 aliphatic carbocycles. The summed E-state index contributed by atoms with van der Waals surface area (Å²) in [6, 6.07) is 0. The molecule has 116 valence electrons. The molecule has 0 radical (unpaired) electrons. The van der Waals surface area contributed by atoms with Crippen LogP contribution in [0.1, 0.15) is 52.9 Å². The molecular weight excluding hydrogens is 274 g/mol. The molecule has 5 heteroatoms. The Kier molecular flexibility index (Phi) is 10.4. The zero-order chi connectivity index (χ0) is 15.5. The number of Topliss-reactive ketones (excluding diaryl/α,β-unsaturated/α-hetero) is 1. The van der Waals surface area contributed by atoms with Crippen molar-refractivity contribution < 1.29 is 14.4 Å². The molecule has 0 aliphatic rings. The summed E-state index contributed by atoms with van der Waals surface area (Å²) >= 11 is 1.48. The first-order valence-corrected chi connectivity index (χ1v) is 8.57. The monoisotopic (exact) mass is 301 g/mol. The molecular formula is C15H27NO3S. The van der Waals surface area contributed by atoms with Crippen molar-refractivity contribution in [2.45, 2.75) is 58.1 Å². The van der Waals surface area contributed by atoms with Gasteiger partial charge in [-0.2, -0.15) is 11.8 Å². The summed E-state index contributed by atoms with van der Waals surface area (Å²) < 4.78 is 0. The summed E-state index contributed by atoms with van der Waals surface area (Å²) in [6.45, 7) is 6.21. The van der Waals surface area contributed by atoms with Crippen molar-refractivity contribution >= 4 is 29.9 Å². The fourth-order valence-electron chi connectivity index (χ4n) is 1.89. The lowest BCUT2D eigenvalue weighted by Crippen LogP contribution is -2.37. The van der Waals surface area contributed by atoms with Gasteiger partial charge in [-0.25, -0.2) is 0 Å². The van der Waals surface area contributed by atoms with E-state index in [9.17, 15) is 14.4 Å². The van der Waals surface area contributed by atoms with Crippen LogP contribution in [0.3, 0.4) is 0 Å². The third-order valence-corrected chi connectivity index (χ3v) is 4.41. The van der Waals surface area contributed by atoms with E-state index in [-0.39, 0.29) is 22.9 Å². The number of nitrogens with zero attached hydrogens (tertiary/aromatic N) is 1. The minimum absolute atomic E-state index is 0.0925. The second kappa shape index (κ2) is 10.9. The molecule has 0 aromatic heterocycles. The normalized spacial score (nSPS) is 12.2. The number of thioether (sulfide) groups is 1. The molecule has 4 nitrogen and oxygen atoms in total. The number of carbonyl (C=O) groups excluding carboxylic acids is 3. The molecule has 0 heterocycles. The first-order valence-electron chi connectivity index (χ1n) is 7.29. The summed E-state index contributed by atoms with van der Waals surface area (Å²) in [5.74, 6) is 0.268. The molecule has 0 fully saturated rings. The SMILES string of the molecule is CCC(SC)C(=O)N(C=O)CCCCCC(=O)C(C)C. The molecule has 0 saturated carbocycles. The Morgan fingerprint density at radius 2 is 1.85 bits per heavy atom. The number of rotatable bonds is 11. The number of carbonyl (C=O) groups is 3. The standard InChI is InChI=1S/C15H27NO3S/c1-5-14(20-4)15(19)16(11-17)10-8-6-7-9-13(18)12(2)3/h11-12,14H,5-10H2,1-4H3. The van der Waals surface area contributed by atoms with Crippen LogP contribution in [0, 0.1) is 5.92 Å². The van der Waals surface area contributed by atoms with Crippen molar-refractivity contribution in [2.75, 3.05) is 12.8 Å². The Morgan fingerprint density at radius 3 is 2.30 bits per heavy atom. The predicted molar refractivity (Wildman–Crippen MR) is 83.7 cm³/mol. The van der Waals surface area contributed by atoms with Crippen LogP contribution < -0.4 is 0 Å². The van der Waals surface area contributed by atoms with E-state index >= 15 is 0 Å². The number of hydrogen-bond donors (Lipinski definition) is 0. The second-order valence-corrected chi connectivity index (χ2v) is 6.24. The molecule has 0 saturated heterocycles. The maximum Gasteiger partial charge on any atom is 0.242 e. The van der Waals surface area contributed by atoms with E-state index in [1.165, 1.54) is 16.7 Å². The number of hydrogen-bond acceptors (Lipinski definition) is 4. The van der Waals surface area contributed by atoms with E-state index in [2.05, 4.69) is 0 Å². The van der Waals surface area contributed by atoms with Crippen LogP contribution >= 0.6 is 11.8 Å². The molecule has 1 unspecified atom stereocenters. The summed E-state index contributed by atoms with van der Waals surface area (Å²) in [5.41, 5.74) is 0. The highest BCUT2D eigenvalue weighted by molar-refractivity contribution is 7.99. The van der Waals surface area contributed by atoms with Crippen molar-refractivity contribution in [3.63, 3.8) is 0 Å². The van der Waals surface area contributed by atoms with Crippen molar-refractivity contribution in [2.24, 2.45) is 5.92 Å². The van der Waals surface area contributed by atoms with Crippen LogP contribution in [0.25, 0.3) is 0 Å². The molecule has 0 bridgehead atoms. The number of amides is 2. The van der Waals surface area contributed by atoms with E-state index in [0.29, 0.717) is 19.4 Å². The Balaban J connectivity index is 3.99. The van der Waals surface area contributed by atoms with E-state index < -0.39 is 0 Å². The van der Waals surface area contributed by atoms with Gasteiger partial charge in [-0.1, -0.05) is 27.2 Å². The zero-order valence-electron chi connectivity index (χ0n) is 13.1.